The molecule has 5 heteroatoms. The third-order valence-electron chi connectivity index (χ3n) is 3.02. The van der Waals surface area contributed by atoms with E-state index in [1.807, 2.05) is 19.2 Å². The van der Waals surface area contributed by atoms with Crippen molar-refractivity contribution in [1.82, 2.24) is 5.32 Å². The summed E-state index contributed by atoms with van der Waals surface area (Å²) in [5, 5.41) is 5.64. The highest BCUT2D eigenvalue weighted by atomic mass is 19.1. The molecule has 0 radical (unpaired) electrons. The van der Waals surface area contributed by atoms with Crippen molar-refractivity contribution in [3.05, 3.63) is 65.2 Å². The van der Waals surface area contributed by atoms with Crippen LogP contribution in [0.5, 0.6) is 0 Å². The molecule has 2 N–H and O–H groups in total. The summed E-state index contributed by atoms with van der Waals surface area (Å²) < 4.78 is 26.9. The molecular formula is C16H16F2N2O. The number of amides is 1. The van der Waals surface area contributed by atoms with E-state index in [0.717, 1.165) is 24.2 Å². The lowest BCUT2D eigenvalue weighted by atomic mass is 10.1. The Bertz CT molecular complexity index is 606. The van der Waals surface area contributed by atoms with Gasteiger partial charge in [-0.15, -0.1) is 0 Å². The van der Waals surface area contributed by atoms with Gasteiger partial charge in [-0.1, -0.05) is 18.2 Å². The molecule has 110 valence electrons. The predicted octanol–water partition coefficient (Wildman–Crippen LogP) is 2.87. The molecule has 2 rings (SSSR count). The lowest BCUT2D eigenvalue weighted by Crippen LogP contribution is -2.16. The molecule has 0 aliphatic carbocycles. The van der Waals surface area contributed by atoms with E-state index in [9.17, 15) is 13.6 Å². The number of carbonyl (C=O) groups is 1. The highest BCUT2D eigenvalue weighted by molar-refractivity contribution is 5.92. The van der Waals surface area contributed by atoms with Crippen molar-refractivity contribution >= 4 is 11.6 Å². The highest BCUT2D eigenvalue weighted by Crippen LogP contribution is 2.14. The number of benzene rings is 2. The van der Waals surface area contributed by atoms with E-state index in [1.54, 1.807) is 12.1 Å². The summed E-state index contributed by atoms with van der Waals surface area (Å²) in [7, 11) is 1.85. The van der Waals surface area contributed by atoms with Gasteiger partial charge >= 0.3 is 0 Å². The Balaban J connectivity index is 2.01. The van der Waals surface area contributed by atoms with Crippen LogP contribution in [0.2, 0.25) is 0 Å². The maximum atomic E-state index is 13.5. The van der Waals surface area contributed by atoms with Gasteiger partial charge in [0.05, 0.1) is 6.42 Å². The molecule has 0 unspecified atom stereocenters. The Labute approximate surface area is 122 Å². The minimum atomic E-state index is -0.713. The van der Waals surface area contributed by atoms with Crippen molar-refractivity contribution in [2.75, 3.05) is 12.4 Å². The van der Waals surface area contributed by atoms with E-state index in [-0.39, 0.29) is 12.0 Å². The number of hydrogen-bond acceptors (Lipinski definition) is 2. The summed E-state index contributed by atoms with van der Waals surface area (Å²) in [4.78, 5) is 11.8. The summed E-state index contributed by atoms with van der Waals surface area (Å²) in [6, 6.07) is 10.8. The first-order valence-corrected chi connectivity index (χ1v) is 6.56. The maximum absolute atomic E-state index is 13.5. The fraction of sp³-hybridized carbons (Fsp3) is 0.188. The molecule has 0 atom stereocenters. The van der Waals surface area contributed by atoms with Crippen LogP contribution in [0.4, 0.5) is 14.5 Å². The van der Waals surface area contributed by atoms with Crippen LogP contribution in [0.15, 0.2) is 42.5 Å². The van der Waals surface area contributed by atoms with Gasteiger partial charge in [0.25, 0.3) is 0 Å². The lowest BCUT2D eigenvalue weighted by molar-refractivity contribution is -0.115. The van der Waals surface area contributed by atoms with Crippen LogP contribution >= 0.6 is 0 Å². The van der Waals surface area contributed by atoms with Gasteiger partial charge < -0.3 is 10.6 Å². The summed E-state index contributed by atoms with van der Waals surface area (Å²) in [5.74, 6) is -1.88. The predicted molar refractivity (Wildman–Crippen MR) is 77.9 cm³/mol. The molecule has 0 heterocycles. The van der Waals surface area contributed by atoms with Crippen molar-refractivity contribution in [3.63, 3.8) is 0 Å². The molecule has 0 bridgehead atoms. The van der Waals surface area contributed by atoms with Crippen LogP contribution in [0, 0.1) is 11.6 Å². The second-order valence-electron chi connectivity index (χ2n) is 4.65. The molecule has 21 heavy (non-hydrogen) atoms. The van der Waals surface area contributed by atoms with E-state index >= 15 is 0 Å². The average Bonchev–Trinajstić information content (AvgIpc) is 2.45. The Hall–Kier alpha value is -2.27. The zero-order valence-corrected chi connectivity index (χ0v) is 11.6. The second kappa shape index (κ2) is 6.95. The summed E-state index contributed by atoms with van der Waals surface area (Å²) in [6.45, 7) is 0.731. The smallest absolute Gasteiger partial charge is 0.229 e. The van der Waals surface area contributed by atoms with Crippen LogP contribution in [0.25, 0.3) is 0 Å². The number of anilines is 1. The van der Waals surface area contributed by atoms with E-state index < -0.39 is 17.5 Å². The monoisotopic (exact) mass is 290 g/mol. The van der Waals surface area contributed by atoms with Crippen LogP contribution < -0.4 is 10.6 Å². The van der Waals surface area contributed by atoms with Crippen LogP contribution in [0.3, 0.4) is 0 Å². The molecule has 0 saturated carbocycles. The lowest BCUT2D eigenvalue weighted by Gasteiger charge is -2.08. The molecule has 0 fully saturated rings. The zero-order chi connectivity index (χ0) is 15.2. The number of carbonyl (C=O) groups excluding carboxylic acids is 1. The van der Waals surface area contributed by atoms with Crippen molar-refractivity contribution in [2.45, 2.75) is 13.0 Å². The minimum absolute atomic E-state index is 0.221. The molecule has 0 aromatic heterocycles. The fourth-order valence-electron chi connectivity index (χ4n) is 1.98. The van der Waals surface area contributed by atoms with Crippen LogP contribution in [-0.2, 0) is 17.8 Å². The second-order valence-corrected chi connectivity index (χ2v) is 4.65. The standard InChI is InChI=1S/C16H16F2N2O/c1-19-10-11-5-7-12(8-6-11)20-16(21)9-13-14(17)3-2-4-15(13)18/h2-8,19H,9-10H2,1H3,(H,20,21). The highest BCUT2D eigenvalue weighted by Gasteiger charge is 2.13. The quantitative estimate of drug-likeness (QED) is 0.889. The first-order valence-electron chi connectivity index (χ1n) is 6.56. The fourth-order valence-corrected chi connectivity index (χ4v) is 1.98. The SMILES string of the molecule is CNCc1ccc(NC(=O)Cc2c(F)cccc2F)cc1. The van der Waals surface area contributed by atoms with Gasteiger partial charge in [0, 0.05) is 17.8 Å². The Morgan fingerprint density at radius 2 is 1.67 bits per heavy atom. The topological polar surface area (TPSA) is 41.1 Å². The number of halogens is 2. The van der Waals surface area contributed by atoms with E-state index in [1.165, 1.54) is 6.07 Å². The first-order chi connectivity index (χ1) is 10.1. The van der Waals surface area contributed by atoms with Gasteiger partial charge in [-0.3, -0.25) is 4.79 Å². The number of rotatable bonds is 5. The zero-order valence-electron chi connectivity index (χ0n) is 11.6. The van der Waals surface area contributed by atoms with E-state index in [4.69, 9.17) is 0 Å². The molecular weight excluding hydrogens is 274 g/mol. The Morgan fingerprint density at radius 1 is 1.05 bits per heavy atom. The molecule has 0 saturated heterocycles. The van der Waals surface area contributed by atoms with Gasteiger partial charge in [0.2, 0.25) is 5.91 Å². The van der Waals surface area contributed by atoms with Gasteiger partial charge in [-0.2, -0.15) is 0 Å². The normalized spacial score (nSPS) is 10.4. The molecule has 3 nitrogen and oxygen atoms in total. The summed E-state index contributed by atoms with van der Waals surface area (Å²) >= 11 is 0. The Kier molecular flexibility index (Phi) is 5.00. The molecule has 0 aliphatic rings. The third kappa shape index (κ3) is 4.10. The molecule has 1 amide bonds. The molecule has 2 aromatic rings. The van der Waals surface area contributed by atoms with Crippen molar-refractivity contribution < 1.29 is 13.6 Å². The van der Waals surface area contributed by atoms with Crippen molar-refractivity contribution in [1.29, 1.82) is 0 Å². The van der Waals surface area contributed by atoms with Crippen molar-refractivity contribution in [3.8, 4) is 0 Å². The van der Waals surface area contributed by atoms with Gasteiger partial charge in [0.1, 0.15) is 11.6 Å². The largest absolute Gasteiger partial charge is 0.326 e. The number of hydrogen-bond donors (Lipinski definition) is 2. The number of nitrogens with one attached hydrogen (secondary N) is 2. The van der Waals surface area contributed by atoms with Crippen LogP contribution in [-0.4, -0.2) is 13.0 Å². The molecule has 0 aliphatic heterocycles. The third-order valence-corrected chi connectivity index (χ3v) is 3.02. The minimum Gasteiger partial charge on any atom is -0.326 e. The van der Waals surface area contributed by atoms with Gasteiger partial charge in [-0.05, 0) is 36.9 Å². The maximum Gasteiger partial charge on any atom is 0.229 e. The van der Waals surface area contributed by atoms with Crippen LogP contribution in [0.1, 0.15) is 11.1 Å². The Morgan fingerprint density at radius 3 is 2.24 bits per heavy atom. The first kappa shape index (κ1) is 15.1. The van der Waals surface area contributed by atoms with E-state index in [0.29, 0.717) is 5.69 Å². The summed E-state index contributed by atoms with van der Waals surface area (Å²) in [6.07, 6.45) is -0.337. The van der Waals surface area contributed by atoms with Crippen molar-refractivity contribution in [2.24, 2.45) is 0 Å². The van der Waals surface area contributed by atoms with Gasteiger partial charge in [-0.25, -0.2) is 8.78 Å². The summed E-state index contributed by atoms with van der Waals surface area (Å²) in [5.41, 5.74) is 1.45. The average molecular weight is 290 g/mol. The van der Waals surface area contributed by atoms with Gasteiger partial charge in [0.15, 0.2) is 0 Å². The van der Waals surface area contributed by atoms with E-state index in [2.05, 4.69) is 10.6 Å². The molecule has 0 spiro atoms. The molecule has 2 aromatic carbocycles.